The molecule has 0 amide bonds. The highest BCUT2D eigenvalue weighted by molar-refractivity contribution is 5.80. The predicted octanol–water partition coefficient (Wildman–Crippen LogP) is 2.39. The van der Waals surface area contributed by atoms with Gasteiger partial charge in [-0.05, 0) is 38.1 Å². The van der Waals surface area contributed by atoms with Crippen molar-refractivity contribution in [2.24, 2.45) is 0 Å². The fourth-order valence-electron chi connectivity index (χ4n) is 3.40. The minimum Gasteiger partial charge on any atom is -0.485 e. The number of aromatic nitrogens is 2. The summed E-state index contributed by atoms with van der Waals surface area (Å²) in [4.78, 5) is 13.0. The SMILES string of the molecule is CC1(C)Oc2ccc(C#N)cc2[C@@H](n2ncc3ccccc3c2=O)[C@@H]1O. The molecule has 0 fully saturated rings. The van der Waals surface area contributed by atoms with Gasteiger partial charge in [0, 0.05) is 10.9 Å². The lowest BCUT2D eigenvalue weighted by molar-refractivity contribution is -0.0665. The average Bonchev–Trinajstić information content (AvgIpc) is 2.64. The number of fused-ring (bicyclic) bond motifs is 2. The lowest BCUT2D eigenvalue weighted by Crippen LogP contribution is -2.52. The van der Waals surface area contributed by atoms with Crippen LogP contribution in [0.2, 0.25) is 0 Å². The molecule has 0 aliphatic carbocycles. The highest BCUT2D eigenvalue weighted by Gasteiger charge is 2.45. The van der Waals surface area contributed by atoms with Gasteiger partial charge in [-0.25, -0.2) is 4.68 Å². The molecule has 1 N–H and O–H groups in total. The standard InChI is InChI=1S/C20H17N3O3/c1-20(2)18(24)17(15-9-12(10-21)7-8-16(15)26-20)23-19(25)14-6-4-3-5-13(14)11-22-23/h3-9,11,17-18,24H,1-2H3/t17-,18+/m1/s1. The van der Waals surface area contributed by atoms with Crippen molar-refractivity contribution >= 4 is 10.8 Å². The fraction of sp³-hybridized carbons (Fsp3) is 0.250. The van der Waals surface area contributed by atoms with Gasteiger partial charge < -0.3 is 9.84 Å². The summed E-state index contributed by atoms with van der Waals surface area (Å²) in [6.07, 6.45) is 0.593. The summed E-state index contributed by atoms with van der Waals surface area (Å²) in [5.41, 5.74) is -0.212. The normalized spacial score (nSPS) is 20.8. The van der Waals surface area contributed by atoms with Crippen molar-refractivity contribution in [3.8, 4) is 11.8 Å². The number of hydrogen-bond donors (Lipinski definition) is 1. The molecule has 0 spiro atoms. The summed E-state index contributed by atoms with van der Waals surface area (Å²) < 4.78 is 7.20. The molecule has 4 rings (SSSR count). The van der Waals surface area contributed by atoms with Crippen LogP contribution in [0.1, 0.15) is 31.0 Å². The molecule has 2 atom stereocenters. The molecular weight excluding hydrogens is 330 g/mol. The number of ether oxygens (including phenoxy) is 1. The van der Waals surface area contributed by atoms with Crippen molar-refractivity contribution in [2.45, 2.75) is 31.6 Å². The van der Waals surface area contributed by atoms with Crippen molar-refractivity contribution in [1.82, 2.24) is 9.78 Å². The first-order chi connectivity index (χ1) is 12.4. The molecule has 26 heavy (non-hydrogen) atoms. The van der Waals surface area contributed by atoms with Crippen LogP contribution in [0.15, 0.2) is 53.5 Å². The van der Waals surface area contributed by atoms with E-state index in [9.17, 15) is 15.2 Å². The smallest absolute Gasteiger partial charge is 0.275 e. The Kier molecular flexibility index (Phi) is 3.56. The van der Waals surface area contributed by atoms with Crippen molar-refractivity contribution < 1.29 is 9.84 Å². The van der Waals surface area contributed by atoms with Crippen LogP contribution in [-0.2, 0) is 0 Å². The molecule has 3 aromatic rings. The lowest BCUT2D eigenvalue weighted by atomic mass is 9.86. The van der Waals surface area contributed by atoms with Gasteiger partial charge in [0.15, 0.2) is 0 Å². The Bertz CT molecular complexity index is 1110. The minimum atomic E-state index is -1.02. The van der Waals surface area contributed by atoms with Crippen LogP contribution in [0.5, 0.6) is 5.75 Å². The van der Waals surface area contributed by atoms with Gasteiger partial charge in [0.1, 0.15) is 23.5 Å². The van der Waals surface area contributed by atoms with Gasteiger partial charge in [-0.3, -0.25) is 4.79 Å². The van der Waals surface area contributed by atoms with E-state index in [1.54, 1.807) is 50.4 Å². The van der Waals surface area contributed by atoms with Crippen LogP contribution in [0.3, 0.4) is 0 Å². The van der Waals surface area contributed by atoms with Crippen LogP contribution >= 0.6 is 0 Å². The summed E-state index contributed by atoms with van der Waals surface area (Å²) >= 11 is 0. The first kappa shape index (κ1) is 16.3. The van der Waals surface area contributed by atoms with Gasteiger partial charge in [0.25, 0.3) is 5.56 Å². The third-order valence-electron chi connectivity index (χ3n) is 4.83. The molecule has 6 heteroatoms. The van der Waals surface area contributed by atoms with Crippen molar-refractivity contribution in [3.05, 3.63) is 70.1 Å². The third kappa shape index (κ3) is 2.37. The molecule has 2 aromatic carbocycles. The number of hydrogen-bond acceptors (Lipinski definition) is 5. The van der Waals surface area contributed by atoms with Gasteiger partial charge >= 0.3 is 0 Å². The Hall–Kier alpha value is -3.17. The third-order valence-corrected chi connectivity index (χ3v) is 4.83. The van der Waals surface area contributed by atoms with Crippen LogP contribution in [0.25, 0.3) is 10.8 Å². The molecule has 0 unspecified atom stereocenters. The topological polar surface area (TPSA) is 88.1 Å². The van der Waals surface area contributed by atoms with Gasteiger partial charge in [0.2, 0.25) is 0 Å². The monoisotopic (exact) mass is 347 g/mol. The number of aliphatic hydroxyl groups excluding tert-OH is 1. The van der Waals surface area contributed by atoms with Crippen LogP contribution in [-0.4, -0.2) is 26.6 Å². The number of benzene rings is 2. The molecule has 1 aliphatic rings. The van der Waals surface area contributed by atoms with Crippen molar-refractivity contribution in [2.75, 3.05) is 0 Å². The van der Waals surface area contributed by atoms with Crippen LogP contribution < -0.4 is 10.3 Å². The summed E-state index contributed by atoms with van der Waals surface area (Å²) in [5.74, 6) is 0.533. The Morgan fingerprint density at radius 2 is 2.04 bits per heavy atom. The number of aliphatic hydroxyl groups is 1. The molecule has 0 saturated heterocycles. The average molecular weight is 347 g/mol. The van der Waals surface area contributed by atoms with Gasteiger partial charge in [-0.1, -0.05) is 18.2 Å². The highest BCUT2D eigenvalue weighted by Crippen LogP contribution is 2.41. The molecule has 130 valence electrons. The van der Waals surface area contributed by atoms with E-state index in [0.717, 1.165) is 5.39 Å². The lowest BCUT2D eigenvalue weighted by Gasteiger charge is -2.42. The van der Waals surface area contributed by atoms with Crippen LogP contribution in [0, 0.1) is 11.3 Å². The molecule has 1 aliphatic heterocycles. The van der Waals surface area contributed by atoms with E-state index in [1.807, 2.05) is 12.1 Å². The zero-order valence-electron chi connectivity index (χ0n) is 14.4. The van der Waals surface area contributed by atoms with E-state index in [1.165, 1.54) is 4.68 Å². The highest BCUT2D eigenvalue weighted by atomic mass is 16.5. The summed E-state index contributed by atoms with van der Waals surface area (Å²) in [6.45, 7) is 3.52. The van der Waals surface area contributed by atoms with E-state index >= 15 is 0 Å². The summed E-state index contributed by atoms with van der Waals surface area (Å²) in [5, 5.41) is 25.7. The number of nitrogens with zero attached hydrogens (tertiary/aromatic N) is 3. The zero-order valence-corrected chi connectivity index (χ0v) is 14.4. The molecule has 2 heterocycles. The maximum absolute atomic E-state index is 13.0. The van der Waals surface area contributed by atoms with Crippen LogP contribution in [0.4, 0.5) is 0 Å². The zero-order chi connectivity index (χ0) is 18.5. The van der Waals surface area contributed by atoms with E-state index in [-0.39, 0.29) is 5.56 Å². The molecule has 6 nitrogen and oxygen atoms in total. The molecular formula is C20H17N3O3. The maximum atomic E-state index is 13.0. The Labute approximate surface area is 149 Å². The summed E-state index contributed by atoms with van der Waals surface area (Å²) in [6, 6.07) is 13.5. The first-order valence-electron chi connectivity index (χ1n) is 8.30. The molecule has 0 radical (unpaired) electrons. The maximum Gasteiger partial charge on any atom is 0.275 e. The quantitative estimate of drug-likeness (QED) is 0.730. The Morgan fingerprint density at radius 3 is 2.81 bits per heavy atom. The molecule has 0 bridgehead atoms. The molecule has 0 saturated carbocycles. The Balaban J connectivity index is 2.00. The first-order valence-corrected chi connectivity index (χ1v) is 8.30. The number of nitriles is 1. The van der Waals surface area contributed by atoms with Crippen molar-refractivity contribution in [1.29, 1.82) is 5.26 Å². The van der Waals surface area contributed by atoms with E-state index in [0.29, 0.717) is 22.3 Å². The Morgan fingerprint density at radius 1 is 1.27 bits per heavy atom. The second-order valence-corrected chi connectivity index (χ2v) is 6.94. The molecule has 1 aromatic heterocycles. The van der Waals surface area contributed by atoms with Crippen molar-refractivity contribution in [3.63, 3.8) is 0 Å². The van der Waals surface area contributed by atoms with Gasteiger partial charge in [-0.2, -0.15) is 10.4 Å². The van der Waals surface area contributed by atoms with Gasteiger partial charge in [-0.15, -0.1) is 0 Å². The fourth-order valence-corrected chi connectivity index (χ4v) is 3.40. The summed E-state index contributed by atoms with van der Waals surface area (Å²) in [7, 11) is 0. The van der Waals surface area contributed by atoms with E-state index in [2.05, 4.69) is 11.2 Å². The second kappa shape index (κ2) is 5.68. The largest absolute Gasteiger partial charge is 0.485 e. The van der Waals surface area contributed by atoms with E-state index < -0.39 is 17.7 Å². The van der Waals surface area contributed by atoms with Gasteiger partial charge in [0.05, 0.1) is 23.2 Å². The predicted molar refractivity (Wildman–Crippen MR) is 96.0 cm³/mol. The second-order valence-electron chi connectivity index (χ2n) is 6.94. The van der Waals surface area contributed by atoms with E-state index in [4.69, 9.17) is 4.74 Å². The minimum absolute atomic E-state index is 0.293. The number of rotatable bonds is 1.